The number of nitrogens with zero attached hydrogens (tertiary/aromatic N) is 3. The summed E-state index contributed by atoms with van der Waals surface area (Å²) in [7, 11) is 1.61. The number of rotatable bonds is 7. The van der Waals surface area contributed by atoms with Gasteiger partial charge in [0.25, 0.3) is 5.91 Å². The molecule has 1 saturated carbocycles. The van der Waals surface area contributed by atoms with Crippen molar-refractivity contribution in [3.63, 3.8) is 0 Å². The van der Waals surface area contributed by atoms with Crippen molar-refractivity contribution in [3.05, 3.63) is 35.8 Å². The molecule has 0 aliphatic heterocycles. The summed E-state index contributed by atoms with van der Waals surface area (Å²) in [6, 6.07) is 4.02. The second-order valence-electron chi connectivity index (χ2n) is 6.61. The quantitative estimate of drug-likeness (QED) is 0.768. The molecule has 140 valence electrons. The van der Waals surface area contributed by atoms with Crippen LogP contribution in [0, 0.1) is 6.92 Å². The molecule has 0 saturated heterocycles. The molecule has 26 heavy (non-hydrogen) atoms. The third kappa shape index (κ3) is 4.60. The van der Waals surface area contributed by atoms with Gasteiger partial charge in [-0.2, -0.15) is 5.10 Å². The molecule has 2 aromatic heterocycles. The van der Waals surface area contributed by atoms with E-state index in [9.17, 15) is 4.79 Å². The predicted octanol–water partition coefficient (Wildman–Crippen LogP) is 3.37. The van der Waals surface area contributed by atoms with Crippen LogP contribution in [0.5, 0.6) is 5.75 Å². The van der Waals surface area contributed by atoms with Crippen LogP contribution in [-0.2, 0) is 4.74 Å². The molecular weight excluding hydrogens is 332 g/mol. The molecule has 0 aromatic carbocycles. The predicted molar refractivity (Wildman–Crippen MR) is 98.6 cm³/mol. The number of aryl methyl sites for hydroxylation is 1. The van der Waals surface area contributed by atoms with Crippen molar-refractivity contribution in [3.8, 4) is 5.75 Å². The van der Waals surface area contributed by atoms with Crippen molar-refractivity contribution in [1.82, 2.24) is 14.8 Å². The summed E-state index contributed by atoms with van der Waals surface area (Å²) in [5, 5.41) is 7.46. The molecule has 0 radical (unpaired) electrons. The van der Waals surface area contributed by atoms with E-state index < -0.39 is 0 Å². The molecule has 7 nitrogen and oxygen atoms in total. The first-order valence-corrected chi connectivity index (χ1v) is 9.11. The molecule has 1 amide bonds. The highest BCUT2D eigenvalue weighted by molar-refractivity contribution is 6.03. The zero-order valence-electron chi connectivity index (χ0n) is 15.4. The molecule has 0 atom stereocenters. The highest BCUT2D eigenvalue weighted by atomic mass is 16.5. The lowest BCUT2D eigenvalue weighted by Crippen LogP contribution is -2.17. The fourth-order valence-corrected chi connectivity index (χ4v) is 3.30. The standard InChI is InChI=1S/C19H26N4O3/c1-14-10-18(22-23(14)16-6-4-3-5-7-16)21-19(24)15-11-17(13-20-12-15)26-9-8-25-2/h10-13,16H,3-9H2,1-2H3,(H,21,22,24). The van der Waals surface area contributed by atoms with Gasteiger partial charge in [0.05, 0.1) is 24.4 Å². The summed E-state index contributed by atoms with van der Waals surface area (Å²) < 4.78 is 12.5. The van der Waals surface area contributed by atoms with E-state index in [1.165, 1.54) is 25.5 Å². The van der Waals surface area contributed by atoms with E-state index in [1.54, 1.807) is 19.4 Å². The molecule has 0 bridgehead atoms. The minimum Gasteiger partial charge on any atom is -0.490 e. The molecule has 1 N–H and O–H groups in total. The first-order chi connectivity index (χ1) is 12.7. The van der Waals surface area contributed by atoms with Crippen LogP contribution >= 0.6 is 0 Å². The van der Waals surface area contributed by atoms with Gasteiger partial charge in [-0.3, -0.25) is 14.5 Å². The van der Waals surface area contributed by atoms with Crippen LogP contribution < -0.4 is 10.1 Å². The van der Waals surface area contributed by atoms with E-state index >= 15 is 0 Å². The Labute approximate surface area is 153 Å². The Balaban J connectivity index is 1.65. The van der Waals surface area contributed by atoms with Crippen molar-refractivity contribution >= 4 is 11.7 Å². The fourth-order valence-electron chi connectivity index (χ4n) is 3.30. The number of aromatic nitrogens is 3. The number of carbonyl (C=O) groups is 1. The van der Waals surface area contributed by atoms with E-state index in [1.807, 2.05) is 13.0 Å². The van der Waals surface area contributed by atoms with Crippen LogP contribution in [0.15, 0.2) is 24.5 Å². The minimum atomic E-state index is -0.247. The number of nitrogens with one attached hydrogen (secondary N) is 1. The maximum Gasteiger partial charge on any atom is 0.258 e. The van der Waals surface area contributed by atoms with Gasteiger partial charge in [0.2, 0.25) is 0 Å². The van der Waals surface area contributed by atoms with E-state index in [2.05, 4.69) is 20.1 Å². The number of ether oxygens (including phenoxy) is 2. The van der Waals surface area contributed by atoms with Gasteiger partial charge in [-0.05, 0) is 25.8 Å². The minimum absolute atomic E-state index is 0.247. The Morgan fingerprint density at radius 3 is 2.81 bits per heavy atom. The van der Waals surface area contributed by atoms with Crippen molar-refractivity contribution < 1.29 is 14.3 Å². The molecule has 0 spiro atoms. The van der Waals surface area contributed by atoms with Gasteiger partial charge in [-0.1, -0.05) is 19.3 Å². The van der Waals surface area contributed by atoms with Crippen molar-refractivity contribution in [2.24, 2.45) is 0 Å². The van der Waals surface area contributed by atoms with E-state index in [0.29, 0.717) is 36.4 Å². The van der Waals surface area contributed by atoms with Crippen molar-refractivity contribution in [1.29, 1.82) is 0 Å². The third-order valence-corrected chi connectivity index (χ3v) is 4.62. The lowest BCUT2D eigenvalue weighted by Gasteiger charge is -2.23. The average Bonchev–Trinajstić information content (AvgIpc) is 3.03. The Morgan fingerprint density at radius 1 is 1.23 bits per heavy atom. The molecule has 7 heteroatoms. The average molecular weight is 358 g/mol. The van der Waals surface area contributed by atoms with E-state index in [-0.39, 0.29) is 5.91 Å². The van der Waals surface area contributed by atoms with Crippen LogP contribution in [0.1, 0.15) is 54.2 Å². The van der Waals surface area contributed by atoms with Crippen LogP contribution in [0.4, 0.5) is 5.82 Å². The molecule has 1 fully saturated rings. The highest BCUT2D eigenvalue weighted by Crippen LogP contribution is 2.29. The number of anilines is 1. The summed E-state index contributed by atoms with van der Waals surface area (Å²) in [5.74, 6) is 0.866. The Morgan fingerprint density at radius 2 is 2.04 bits per heavy atom. The maximum atomic E-state index is 12.5. The molecule has 3 rings (SSSR count). The van der Waals surface area contributed by atoms with Crippen LogP contribution in [0.2, 0.25) is 0 Å². The van der Waals surface area contributed by atoms with Crippen LogP contribution in [0.3, 0.4) is 0 Å². The van der Waals surface area contributed by atoms with E-state index in [4.69, 9.17) is 9.47 Å². The van der Waals surface area contributed by atoms with Gasteiger partial charge in [0.1, 0.15) is 12.4 Å². The van der Waals surface area contributed by atoms with Gasteiger partial charge in [0.15, 0.2) is 5.82 Å². The normalized spacial score (nSPS) is 15.0. The molecule has 2 heterocycles. The van der Waals surface area contributed by atoms with Crippen molar-refractivity contribution in [2.75, 3.05) is 25.6 Å². The first-order valence-electron chi connectivity index (χ1n) is 9.11. The maximum absolute atomic E-state index is 12.5. The smallest absolute Gasteiger partial charge is 0.258 e. The van der Waals surface area contributed by atoms with Crippen LogP contribution in [-0.4, -0.2) is 41.0 Å². The first kappa shape index (κ1) is 18.4. The number of amides is 1. The molecular formula is C19H26N4O3. The molecule has 1 aliphatic rings. The van der Waals surface area contributed by atoms with Gasteiger partial charge in [-0.25, -0.2) is 0 Å². The van der Waals surface area contributed by atoms with Crippen molar-refractivity contribution in [2.45, 2.75) is 45.1 Å². The summed E-state index contributed by atoms with van der Waals surface area (Å²) in [6.45, 7) is 2.92. The lowest BCUT2D eigenvalue weighted by atomic mass is 9.95. The highest BCUT2D eigenvalue weighted by Gasteiger charge is 2.19. The van der Waals surface area contributed by atoms with Gasteiger partial charge in [-0.15, -0.1) is 0 Å². The number of hydrogen-bond acceptors (Lipinski definition) is 5. The van der Waals surface area contributed by atoms with Gasteiger partial charge >= 0.3 is 0 Å². The number of methoxy groups -OCH3 is 1. The lowest BCUT2D eigenvalue weighted by molar-refractivity contribution is 0.102. The SMILES string of the molecule is COCCOc1cncc(C(=O)Nc2cc(C)n(C3CCCCC3)n2)c1. The van der Waals surface area contributed by atoms with E-state index in [0.717, 1.165) is 18.5 Å². The fraction of sp³-hybridized carbons (Fsp3) is 0.526. The summed E-state index contributed by atoms with van der Waals surface area (Å²) in [6.07, 6.45) is 9.19. The number of carbonyl (C=O) groups excluding carboxylic acids is 1. The molecule has 2 aromatic rings. The zero-order chi connectivity index (χ0) is 18.4. The number of pyridine rings is 1. The summed E-state index contributed by atoms with van der Waals surface area (Å²) in [5.41, 5.74) is 1.51. The molecule has 1 aliphatic carbocycles. The second-order valence-corrected chi connectivity index (χ2v) is 6.61. The second kappa shape index (κ2) is 8.80. The third-order valence-electron chi connectivity index (χ3n) is 4.62. The van der Waals surface area contributed by atoms with Gasteiger partial charge < -0.3 is 14.8 Å². The Bertz CT molecular complexity index is 738. The molecule has 0 unspecified atom stereocenters. The Kier molecular flexibility index (Phi) is 6.22. The summed E-state index contributed by atoms with van der Waals surface area (Å²) >= 11 is 0. The van der Waals surface area contributed by atoms with Gasteiger partial charge in [0, 0.05) is 25.1 Å². The topological polar surface area (TPSA) is 78.3 Å². The monoisotopic (exact) mass is 358 g/mol. The summed E-state index contributed by atoms with van der Waals surface area (Å²) in [4.78, 5) is 16.6. The zero-order valence-corrected chi connectivity index (χ0v) is 15.4. The van der Waals surface area contributed by atoms with Crippen LogP contribution in [0.25, 0.3) is 0 Å². The largest absolute Gasteiger partial charge is 0.490 e. The number of hydrogen-bond donors (Lipinski definition) is 1. The Hall–Kier alpha value is -2.41.